The maximum Gasteiger partial charge on any atom is 0.301 e. The fourth-order valence-electron chi connectivity index (χ4n) is 3.93. The van der Waals surface area contributed by atoms with Gasteiger partial charge in [0.25, 0.3) is 5.78 Å². The van der Waals surface area contributed by atoms with E-state index in [1.54, 1.807) is 36.4 Å². The van der Waals surface area contributed by atoms with Gasteiger partial charge in [0.15, 0.2) is 16.6 Å². The minimum atomic E-state index is -0.996. The van der Waals surface area contributed by atoms with E-state index in [0.717, 1.165) is 10.6 Å². The summed E-state index contributed by atoms with van der Waals surface area (Å²) in [5.41, 5.74) is 1.47. The normalized spacial score (nSPS) is 17.1. The topological polar surface area (TPSA) is 98.2 Å². The first kappa shape index (κ1) is 24.6. The summed E-state index contributed by atoms with van der Waals surface area (Å²) in [6.45, 7) is 3.71. The van der Waals surface area contributed by atoms with Crippen molar-refractivity contribution in [3.05, 3.63) is 68.7 Å². The molecule has 0 saturated carbocycles. The zero-order valence-corrected chi connectivity index (χ0v) is 21.3. The highest BCUT2D eigenvalue weighted by atomic mass is 35.5. The molecule has 1 saturated heterocycles. The lowest BCUT2D eigenvalue weighted by molar-refractivity contribution is -0.132. The SMILES string of the molecule is COc1cc(C2/C(=C(\O)c3ccc(Cl)cc3)C(=O)C(=O)N2c2nc(C)c(C)s2)cc(OC)c1OC. The van der Waals surface area contributed by atoms with E-state index in [1.807, 2.05) is 13.8 Å². The number of hydrogen-bond acceptors (Lipinski definition) is 8. The summed E-state index contributed by atoms with van der Waals surface area (Å²) in [6, 6.07) is 8.64. The molecule has 35 heavy (non-hydrogen) atoms. The van der Waals surface area contributed by atoms with Gasteiger partial charge in [0.1, 0.15) is 5.76 Å². The number of ketones is 1. The number of ether oxygens (including phenoxy) is 3. The average molecular weight is 515 g/mol. The van der Waals surface area contributed by atoms with Crippen molar-refractivity contribution < 1.29 is 28.9 Å². The highest BCUT2D eigenvalue weighted by Crippen LogP contribution is 2.47. The van der Waals surface area contributed by atoms with Crippen LogP contribution < -0.4 is 19.1 Å². The number of halogens is 1. The summed E-state index contributed by atoms with van der Waals surface area (Å²) in [6.07, 6.45) is 0. The highest BCUT2D eigenvalue weighted by molar-refractivity contribution is 7.16. The van der Waals surface area contributed by atoms with Crippen molar-refractivity contribution in [2.45, 2.75) is 19.9 Å². The van der Waals surface area contributed by atoms with Crippen molar-refractivity contribution in [1.82, 2.24) is 4.98 Å². The van der Waals surface area contributed by atoms with Crippen molar-refractivity contribution in [2.75, 3.05) is 26.2 Å². The van der Waals surface area contributed by atoms with Gasteiger partial charge >= 0.3 is 5.91 Å². The average Bonchev–Trinajstić information content (AvgIpc) is 3.32. The van der Waals surface area contributed by atoms with Crippen molar-refractivity contribution >= 4 is 45.5 Å². The van der Waals surface area contributed by atoms with Gasteiger partial charge in [-0.3, -0.25) is 14.5 Å². The van der Waals surface area contributed by atoms with E-state index >= 15 is 0 Å². The number of methoxy groups -OCH3 is 3. The van der Waals surface area contributed by atoms with Gasteiger partial charge in [-0.15, -0.1) is 11.3 Å². The maximum atomic E-state index is 13.3. The third-order valence-corrected chi connectivity index (χ3v) is 7.11. The largest absolute Gasteiger partial charge is 0.507 e. The van der Waals surface area contributed by atoms with Crippen LogP contribution >= 0.6 is 22.9 Å². The number of carbonyl (C=O) groups excluding carboxylic acids is 2. The third kappa shape index (κ3) is 4.21. The molecule has 3 aromatic rings. The monoisotopic (exact) mass is 514 g/mol. The van der Waals surface area contributed by atoms with Crippen molar-refractivity contribution in [1.29, 1.82) is 0 Å². The van der Waals surface area contributed by atoms with Crippen LogP contribution in [0.3, 0.4) is 0 Å². The molecule has 1 aliphatic heterocycles. The number of amides is 1. The summed E-state index contributed by atoms with van der Waals surface area (Å²) in [5.74, 6) is -0.925. The fourth-order valence-corrected chi connectivity index (χ4v) is 4.99. The number of aryl methyl sites for hydroxylation is 2. The molecule has 1 atom stereocenters. The lowest BCUT2D eigenvalue weighted by atomic mass is 9.95. The van der Waals surface area contributed by atoms with Crippen molar-refractivity contribution in [3.63, 3.8) is 0 Å². The van der Waals surface area contributed by atoms with Crippen LogP contribution in [0, 0.1) is 13.8 Å². The number of rotatable bonds is 6. The first-order chi connectivity index (χ1) is 16.7. The number of benzene rings is 2. The van der Waals surface area contributed by atoms with E-state index in [9.17, 15) is 14.7 Å². The molecule has 8 nitrogen and oxygen atoms in total. The van der Waals surface area contributed by atoms with E-state index in [0.29, 0.717) is 38.5 Å². The highest BCUT2D eigenvalue weighted by Gasteiger charge is 2.48. The summed E-state index contributed by atoms with van der Waals surface area (Å²) in [4.78, 5) is 33.4. The fraction of sp³-hybridized carbons (Fsp3) is 0.240. The van der Waals surface area contributed by atoms with Crippen LogP contribution in [-0.2, 0) is 9.59 Å². The first-order valence-electron chi connectivity index (χ1n) is 10.5. The Morgan fingerprint density at radius 3 is 2.11 bits per heavy atom. The molecule has 10 heteroatoms. The molecule has 1 fully saturated rings. The van der Waals surface area contributed by atoms with E-state index in [-0.39, 0.29) is 11.3 Å². The Balaban J connectivity index is 2.01. The van der Waals surface area contributed by atoms with Gasteiger partial charge in [0, 0.05) is 15.5 Å². The summed E-state index contributed by atoms with van der Waals surface area (Å²) in [7, 11) is 4.42. The third-order valence-electron chi connectivity index (χ3n) is 5.79. The second kappa shape index (κ2) is 9.59. The summed E-state index contributed by atoms with van der Waals surface area (Å²) >= 11 is 7.28. The van der Waals surface area contributed by atoms with Crippen LogP contribution in [-0.4, -0.2) is 43.1 Å². The Kier molecular flexibility index (Phi) is 6.73. The lowest BCUT2D eigenvalue weighted by Crippen LogP contribution is -2.29. The van der Waals surface area contributed by atoms with Crippen LogP contribution in [0.25, 0.3) is 5.76 Å². The predicted octanol–water partition coefficient (Wildman–Crippen LogP) is 5.07. The number of aliphatic hydroxyl groups is 1. The quantitative estimate of drug-likeness (QED) is 0.279. The number of anilines is 1. The van der Waals surface area contributed by atoms with Crippen molar-refractivity contribution in [3.8, 4) is 17.2 Å². The molecular weight excluding hydrogens is 492 g/mol. The number of aliphatic hydroxyl groups excluding tert-OH is 1. The molecule has 1 unspecified atom stereocenters. The van der Waals surface area contributed by atoms with Gasteiger partial charge in [-0.2, -0.15) is 0 Å². The molecule has 1 aromatic heterocycles. The van der Waals surface area contributed by atoms with Gasteiger partial charge in [0.05, 0.1) is 38.6 Å². The number of thiazole rings is 1. The van der Waals surface area contributed by atoms with Crippen LogP contribution in [0.4, 0.5) is 5.13 Å². The molecule has 1 aliphatic rings. The number of hydrogen-bond donors (Lipinski definition) is 1. The summed E-state index contributed by atoms with van der Waals surface area (Å²) in [5, 5.41) is 12.1. The smallest absolute Gasteiger partial charge is 0.301 e. The molecular formula is C25H23ClN2O6S. The van der Waals surface area contributed by atoms with Gasteiger partial charge in [-0.1, -0.05) is 11.6 Å². The minimum absolute atomic E-state index is 0.0860. The maximum absolute atomic E-state index is 13.3. The number of Topliss-reactive ketones (excluding diaryl/α,β-unsaturated/α-hetero) is 1. The van der Waals surface area contributed by atoms with Crippen LogP contribution in [0.15, 0.2) is 42.0 Å². The van der Waals surface area contributed by atoms with Crippen LogP contribution in [0.1, 0.15) is 27.7 Å². The minimum Gasteiger partial charge on any atom is -0.507 e. The van der Waals surface area contributed by atoms with E-state index in [4.69, 9.17) is 25.8 Å². The second-order valence-corrected chi connectivity index (χ2v) is 9.39. The molecule has 182 valence electrons. The Morgan fingerprint density at radius 2 is 1.63 bits per heavy atom. The molecule has 1 N–H and O–H groups in total. The number of aromatic nitrogens is 1. The van der Waals surface area contributed by atoms with Crippen molar-refractivity contribution in [2.24, 2.45) is 0 Å². The van der Waals surface area contributed by atoms with E-state index in [1.165, 1.54) is 37.6 Å². The Bertz CT molecular complexity index is 1300. The second-order valence-electron chi connectivity index (χ2n) is 7.77. The van der Waals surface area contributed by atoms with Crippen LogP contribution in [0.5, 0.6) is 17.2 Å². The predicted molar refractivity (Wildman–Crippen MR) is 134 cm³/mol. The Labute approximate surface area is 211 Å². The van der Waals surface area contributed by atoms with E-state index in [2.05, 4.69) is 4.98 Å². The molecule has 4 rings (SSSR count). The number of carbonyl (C=O) groups is 2. The zero-order valence-electron chi connectivity index (χ0n) is 19.7. The molecule has 0 aliphatic carbocycles. The summed E-state index contributed by atoms with van der Waals surface area (Å²) < 4.78 is 16.4. The van der Waals surface area contributed by atoms with Gasteiger partial charge < -0.3 is 19.3 Å². The van der Waals surface area contributed by atoms with Crippen LogP contribution in [0.2, 0.25) is 5.02 Å². The molecule has 1 amide bonds. The molecule has 2 heterocycles. The Hall–Kier alpha value is -3.56. The van der Waals surface area contributed by atoms with Gasteiger partial charge in [-0.05, 0) is 55.8 Å². The lowest BCUT2D eigenvalue weighted by Gasteiger charge is -2.24. The molecule has 2 aromatic carbocycles. The Morgan fingerprint density at radius 1 is 1.03 bits per heavy atom. The molecule has 0 spiro atoms. The van der Waals surface area contributed by atoms with Gasteiger partial charge in [0.2, 0.25) is 5.75 Å². The first-order valence-corrected chi connectivity index (χ1v) is 11.7. The molecule has 0 radical (unpaired) electrons. The number of nitrogens with zero attached hydrogens (tertiary/aromatic N) is 2. The standard InChI is InChI=1S/C25H23ClN2O6S/c1-12-13(2)35-25(27-12)28-20(15-10-17(32-3)23(34-5)18(11-15)33-4)19(22(30)24(28)31)21(29)14-6-8-16(26)9-7-14/h6-11,20,29H,1-5H3/b21-19+. The van der Waals surface area contributed by atoms with E-state index < -0.39 is 17.7 Å². The zero-order chi connectivity index (χ0) is 25.4. The molecule has 0 bridgehead atoms. The van der Waals surface area contributed by atoms with Gasteiger partial charge in [-0.25, -0.2) is 4.98 Å².